The predicted molar refractivity (Wildman–Crippen MR) is 127 cm³/mol. The summed E-state index contributed by atoms with van der Waals surface area (Å²) in [6.07, 6.45) is 0. The van der Waals surface area contributed by atoms with E-state index in [2.05, 4.69) is 78.6 Å². The lowest BCUT2D eigenvalue weighted by molar-refractivity contribution is 1.64. The van der Waals surface area contributed by atoms with Crippen molar-refractivity contribution < 1.29 is 0 Å². The van der Waals surface area contributed by atoms with Crippen molar-refractivity contribution in [3.8, 4) is 11.8 Å². The lowest BCUT2D eigenvalue weighted by Crippen LogP contribution is -1.81. The van der Waals surface area contributed by atoms with Gasteiger partial charge in [-0.25, -0.2) is 0 Å². The second-order valence-electron chi connectivity index (χ2n) is 7.25. The fourth-order valence-corrected chi connectivity index (χ4v) is 5.24. The highest BCUT2D eigenvalue weighted by Crippen LogP contribution is 2.40. The summed E-state index contributed by atoms with van der Waals surface area (Å²) >= 11 is 1.87. The molecule has 0 fully saturated rings. The number of hydrogen-bond donors (Lipinski definition) is 0. The summed E-state index contributed by atoms with van der Waals surface area (Å²) in [4.78, 5) is 0. The SMILES string of the molecule is C(#Cc1ccc2c(ccc3c2ccc2sc4ccccc4c23)c1)c1ccccc1. The van der Waals surface area contributed by atoms with E-state index in [1.807, 2.05) is 41.7 Å². The Balaban J connectivity index is 1.56. The minimum Gasteiger partial charge on any atom is -0.135 e. The zero-order valence-electron chi connectivity index (χ0n) is 15.6. The van der Waals surface area contributed by atoms with Crippen molar-refractivity contribution in [2.45, 2.75) is 0 Å². The van der Waals surface area contributed by atoms with Crippen LogP contribution in [0.3, 0.4) is 0 Å². The topological polar surface area (TPSA) is 0 Å². The Labute approximate surface area is 173 Å². The second kappa shape index (κ2) is 6.48. The van der Waals surface area contributed by atoms with E-state index < -0.39 is 0 Å². The van der Waals surface area contributed by atoms with Crippen LogP contribution in [0.2, 0.25) is 0 Å². The molecular formula is C28H16S. The first-order valence-electron chi connectivity index (χ1n) is 9.71. The van der Waals surface area contributed by atoms with Gasteiger partial charge in [-0.1, -0.05) is 72.5 Å². The normalized spacial score (nSPS) is 11.2. The molecule has 0 atom stereocenters. The van der Waals surface area contributed by atoms with Gasteiger partial charge in [0.05, 0.1) is 0 Å². The summed E-state index contributed by atoms with van der Waals surface area (Å²) in [5, 5.41) is 7.87. The van der Waals surface area contributed by atoms with Gasteiger partial charge < -0.3 is 0 Å². The molecule has 0 aliphatic heterocycles. The van der Waals surface area contributed by atoms with Crippen molar-refractivity contribution in [1.29, 1.82) is 0 Å². The summed E-state index contributed by atoms with van der Waals surface area (Å²) in [6, 6.07) is 34.4. The van der Waals surface area contributed by atoms with Crippen LogP contribution in [0.15, 0.2) is 97.1 Å². The zero-order chi connectivity index (χ0) is 19.2. The van der Waals surface area contributed by atoms with Gasteiger partial charge >= 0.3 is 0 Å². The minimum atomic E-state index is 1.04. The molecule has 1 aromatic heterocycles. The first-order valence-corrected chi connectivity index (χ1v) is 10.5. The van der Waals surface area contributed by atoms with Crippen molar-refractivity contribution in [3.05, 3.63) is 108 Å². The van der Waals surface area contributed by atoms with Crippen LogP contribution in [0.25, 0.3) is 41.7 Å². The van der Waals surface area contributed by atoms with Crippen LogP contribution in [-0.4, -0.2) is 0 Å². The van der Waals surface area contributed by atoms with E-state index in [-0.39, 0.29) is 0 Å². The lowest BCUT2D eigenvalue weighted by atomic mass is 9.97. The van der Waals surface area contributed by atoms with Crippen LogP contribution in [-0.2, 0) is 0 Å². The standard InChI is InChI=1S/C28H16S/c1-2-6-19(7-3-1)10-11-20-12-14-22-21(18-20)13-15-24-23(22)16-17-27-28(24)25-8-4-5-9-26(25)29-27/h1-9,12-18H. The minimum absolute atomic E-state index is 1.04. The van der Waals surface area contributed by atoms with E-state index in [0.717, 1.165) is 11.1 Å². The third kappa shape index (κ3) is 2.70. The fraction of sp³-hybridized carbons (Fsp3) is 0. The van der Waals surface area contributed by atoms with Gasteiger partial charge in [-0.3, -0.25) is 0 Å². The monoisotopic (exact) mass is 384 g/mol. The summed E-state index contributed by atoms with van der Waals surface area (Å²) in [6.45, 7) is 0. The van der Waals surface area contributed by atoms with E-state index in [1.165, 1.54) is 41.7 Å². The molecule has 134 valence electrons. The van der Waals surface area contributed by atoms with Gasteiger partial charge in [-0.2, -0.15) is 0 Å². The maximum Gasteiger partial charge on any atom is 0.0361 e. The predicted octanol–water partition coefficient (Wildman–Crippen LogP) is 7.76. The van der Waals surface area contributed by atoms with Crippen LogP contribution >= 0.6 is 11.3 Å². The average molecular weight is 385 g/mol. The lowest BCUT2D eigenvalue weighted by Gasteiger charge is -2.06. The van der Waals surface area contributed by atoms with Crippen LogP contribution in [0.5, 0.6) is 0 Å². The Morgan fingerprint density at radius 2 is 1.24 bits per heavy atom. The molecule has 0 saturated carbocycles. The Hall–Kier alpha value is -3.60. The van der Waals surface area contributed by atoms with E-state index >= 15 is 0 Å². The molecule has 29 heavy (non-hydrogen) atoms. The van der Waals surface area contributed by atoms with Gasteiger partial charge in [0.2, 0.25) is 0 Å². The number of fused-ring (bicyclic) bond motifs is 7. The third-order valence-corrected chi connectivity index (χ3v) is 6.62. The molecule has 0 saturated heterocycles. The Morgan fingerprint density at radius 1 is 0.483 bits per heavy atom. The molecule has 0 N–H and O–H groups in total. The molecule has 0 aliphatic rings. The van der Waals surface area contributed by atoms with E-state index in [0.29, 0.717) is 0 Å². The summed E-state index contributed by atoms with van der Waals surface area (Å²) in [5.74, 6) is 6.56. The number of benzene rings is 5. The number of hydrogen-bond acceptors (Lipinski definition) is 1. The van der Waals surface area contributed by atoms with Gasteiger partial charge in [-0.15, -0.1) is 11.3 Å². The van der Waals surface area contributed by atoms with Gasteiger partial charge in [0.1, 0.15) is 0 Å². The zero-order valence-corrected chi connectivity index (χ0v) is 16.5. The van der Waals surface area contributed by atoms with Crippen molar-refractivity contribution >= 4 is 53.1 Å². The smallest absolute Gasteiger partial charge is 0.0361 e. The quantitative estimate of drug-likeness (QED) is 0.185. The summed E-state index contributed by atoms with van der Waals surface area (Å²) < 4.78 is 2.70. The first-order chi connectivity index (χ1) is 14.4. The molecule has 0 spiro atoms. The van der Waals surface area contributed by atoms with Crippen molar-refractivity contribution in [2.24, 2.45) is 0 Å². The molecule has 0 bridgehead atoms. The first kappa shape index (κ1) is 16.4. The second-order valence-corrected chi connectivity index (χ2v) is 8.33. The largest absolute Gasteiger partial charge is 0.135 e. The molecule has 0 unspecified atom stereocenters. The third-order valence-electron chi connectivity index (χ3n) is 5.48. The van der Waals surface area contributed by atoms with Crippen molar-refractivity contribution in [3.63, 3.8) is 0 Å². The molecule has 6 rings (SSSR count). The van der Waals surface area contributed by atoms with Crippen molar-refractivity contribution in [2.75, 3.05) is 0 Å². The molecular weight excluding hydrogens is 368 g/mol. The Bertz CT molecular complexity index is 1590. The Kier molecular flexibility index (Phi) is 3.66. The fourth-order valence-electron chi connectivity index (χ4n) is 4.11. The molecule has 0 amide bonds. The highest BCUT2D eigenvalue weighted by molar-refractivity contribution is 7.26. The van der Waals surface area contributed by atoms with Crippen LogP contribution < -0.4 is 0 Å². The highest BCUT2D eigenvalue weighted by atomic mass is 32.1. The maximum absolute atomic E-state index is 3.30. The van der Waals surface area contributed by atoms with Crippen LogP contribution in [0.1, 0.15) is 11.1 Å². The van der Waals surface area contributed by atoms with Crippen LogP contribution in [0.4, 0.5) is 0 Å². The van der Waals surface area contributed by atoms with E-state index in [9.17, 15) is 0 Å². The molecule has 0 radical (unpaired) electrons. The van der Waals surface area contributed by atoms with E-state index in [4.69, 9.17) is 0 Å². The maximum atomic E-state index is 3.30. The summed E-state index contributed by atoms with van der Waals surface area (Å²) in [5.41, 5.74) is 2.08. The number of thiophene rings is 1. The number of rotatable bonds is 0. The van der Waals surface area contributed by atoms with E-state index in [1.54, 1.807) is 0 Å². The van der Waals surface area contributed by atoms with Gasteiger partial charge in [0.25, 0.3) is 0 Å². The molecule has 1 heterocycles. The molecule has 1 heteroatoms. The Morgan fingerprint density at radius 3 is 2.17 bits per heavy atom. The van der Waals surface area contributed by atoms with Gasteiger partial charge in [0, 0.05) is 31.3 Å². The van der Waals surface area contributed by atoms with Crippen LogP contribution in [0, 0.1) is 11.8 Å². The molecule has 6 aromatic rings. The average Bonchev–Trinajstić information content (AvgIpc) is 3.17. The van der Waals surface area contributed by atoms with Crippen molar-refractivity contribution in [1.82, 2.24) is 0 Å². The molecule has 0 nitrogen and oxygen atoms in total. The summed E-state index contributed by atoms with van der Waals surface area (Å²) in [7, 11) is 0. The molecule has 5 aromatic carbocycles. The molecule has 0 aliphatic carbocycles. The van der Waals surface area contributed by atoms with Gasteiger partial charge in [0.15, 0.2) is 0 Å². The van der Waals surface area contributed by atoms with Gasteiger partial charge in [-0.05, 0) is 57.9 Å². The highest BCUT2D eigenvalue weighted by Gasteiger charge is 2.10.